The largest absolute Gasteiger partial charge is 0.508 e. The highest BCUT2D eigenvalue weighted by molar-refractivity contribution is 5.79. The van der Waals surface area contributed by atoms with Crippen LogP contribution in [0, 0.1) is 6.92 Å². The molecule has 16 heavy (non-hydrogen) atoms. The van der Waals surface area contributed by atoms with Crippen molar-refractivity contribution in [2.75, 3.05) is 0 Å². The Balaban J connectivity index is 2.30. The Morgan fingerprint density at radius 3 is 2.38 bits per heavy atom. The topological polar surface area (TPSA) is 46.2 Å². The zero-order chi connectivity index (χ0) is 11.3. The molecule has 1 aliphatic carbocycles. The van der Waals surface area contributed by atoms with Gasteiger partial charge in [0.15, 0.2) is 0 Å². The van der Waals surface area contributed by atoms with E-state index < -0.39 is 0 Å². The average molecular weight is 211 g/mol. The SMILES string of the molecule is Cc1ccc2c(c1)C(N)c1cc(O)ccc1-2. The molecule has 0 radical (unpaired) electrons. The highest BCUT2D eigenvalue weighted by Crippen LogP contribution is 2.43. The summed E-state index contributed by atoms with van der Waals surface area (Å²) in [6.45, 7) is 2.06. The lowest BCUT2D eigenvalue weighted by atomic mass is 10.0. The van der Waals surface area contributed by atoms with E-state index in [4.69, 9.17) is 5.73 Å². The number of aromatic hydroxyl groups is 1. The molecule has 3 rings (SSSR count). The molecular weight excluding hydrogens is 198 g/mol. The first-order valence-corrected chi connectivity index (χ1v) is 5.36. The Morgan fingerprint density at radius 1 is 1.00 bits per heavy atom. The smallest absolute Gasteiger partial charge is 0.115 e. The third-order valence-electron chi connectivity index (χ3n) is 3.20. The summed E-state index contributed by atoms with van der Waals surface area (Å²) in [4.78, 5) is 0. The molecule has 2 nitrogen and oxygen atoms in total. The lowest BCUT2D eigenvalue weighted by Gasteiger charge is -2.06. The molecule has 0 aliphatic heterocycles. The lowest BCUT2D eigenvalue weighted by molar-refractivity contribution is 0.474. The van der Waals surface area contributed by atoms with Crippen molar-refractivity contribution < 1.29 is 5.11 Å². The van der Waals surface area contributed by atoms with Gasteiger partial charge in [-0.05, 0) is 41.3 Å². The minimum absolute atomic E-state index is 0.114. The summed E-state index contributed by atoms with van der Waals surface area (Å²) < 4.78 is 0. The number of fused-ring (bicyclic) bond motifs is 3. The van der Waals surface area contributed by atoms with Gasteiger partial charge in [-0.1, -0.05) is 29.8 Å². The van der Waals surface area contributed by atoms with Gasteiger partial charge in [0.1, 0.15) is 5.75 Å². The molecule has 3 N–H and O–H groups in total. The first-order chi connectivity index (χ1) is 7.66. The molecule has 2 aromatic rings. The maximum atomic E-state index is 9.49. The summed E-state index contributed by atoms with van der Waals surface area (Å²) in [5, 5.41) is 9.49. The molecule has 2 heteroatoms. The van der Waals surface area contributed by atoms with Gasteiger partial charge in [0, 0.05) is 0 Å². The van der Waals surface area contributed by atoms with Crippen LogP contribution in [0.15, 0.2) is 36.4 Å². The molecule has 1 unspecified atom stereocenters. The second kappa shape index (κ2) is 3.09. The van der Waals surface area contributed by atoms with E-state index >= 15 is 0 Å². The van der Waals surface area contributed by atoms with Gasteiger partial charge in [0.2, 0.25) is 0 Å². The first kappa shape index (κ1) is 9.43. The van der Waals surface area contributed by atoms with Crippen LogP contribution >= 0.6 is 0 Å². The van der Waals surface area contributed by atoms with Crippen molar-refractivity contribution in [2.24, 2.45) is 5.73 Å². The van der Waals surface area contributed by atoms with Gasteiger partial charge in [-0.3, -0.25) is 0 Å². The van der Waals surface area contributed by atoms with Crippen molar-refractivity contribution in [1.82, 2.24) is 0 Å². The Bertz CT molecular complexity index is 523. The number of aryl methyl sites for hydroxylation is 1. The summed E-state index contributed by atoms with van der Waals surface area (Å²) in [6.07, 6.45) is 0. The van der Waals surface area contributed by atoms with Crippen LogP contribution in [0.5, 0.6) is 5.75 Å². The third-order valence-corrected chi connectivity index (χ3v) is 3.20. The van der Waals surface area contributed by atoms with Crippen molar-refractivity contribution >= 4 is 0 Å². The van der Waals surface area contributed by atoms with Crippen molar-refractivity contribution in [1.29, 1.82) is 0 Å². The number of benzene rings is 2. The predicted octanol–water partition coefficient (Wildman–Crippen LogP) is 2.73. The van der Waals surface area contributed by atoms with E-state index in [1.807, 2.05) is 6.07 Å². The normalized spacial score (nSPS) is 17.0. The summed E-state index contributed by atoms with van der Waals surface area (Å²) in [6, 6.07) is 11.6. The quantitative estimate of drug-likeness (QED) is 0.703. The fraction of sp³-hybridized carbons (Fsp3) is 0.143. The first-order valence-electron chi connectivity index (χ1n) is 5.36. The molecule has 0 saturated carbocycles. The Hall–Kier alpha value is -1.80. The molecule has 80 valence electrons. The second-order valence-corrected chi connectivity index (χ2v) is 4.34. The maximum Gasteiger partial charge on any atom is 0.115 e. The van der Waals surface area contributed by atoms with Gasteiger partial charge in [0.05, 0.1) is 6.04 Å². The molecule has 0 fully saturated rings. The molecule has 0 amide bonds. The van der Waals surface area contributed by atoms with Gasteiger partial charge < -0.3 is 10.8 Å². The maximum absolute atomic E-state index is 9.49. The van der Waals surface area contributed by atoms with Crippen LogP contribution in [0.2, 0.25) is 0 Å². The van der Waals surface area contributed by atoms with Crippen LogP contribution in [-0.2, 0) is 0 Å². The molecule has 0 aromatic heterocycles. The van der Waals surface area contributed by atoms with Crippen LogP contribution in [-0.4, -0.2) is 5.11 Å². The summed E-state index contributed by atoms with van der Waals surface area (Å²) in [7, 11) is 0. The van der Waals surface area contributed by atoms with Crippen LogP contribution in [0.25, 0.3) is 11.1 Å². The van der Waals surface area contributed by atoms with E-state index in [1.54, 1.807) is 12.1 Å². The minimum atomic E-state index is -0.114. The molecule has 0 heterocycles. The highest BCUT2D eigenvalue weighted by atomic mass is 16.3. The van der Waals surface area contributed by atoms with Gasteiger partial charge in [-0.15, -0.1) is 0 Å². The molecular formula is C14H13NO. The van der Waals surface area contributed by atoms with Crippen molar-refractivity contribution in [3.05, 3.63) is 53.1 Å². The number of hydrogen-bond donors (Lipinski definition) is 2. The van der Waals surface area contributed by atoms with Gasteiger partial charge in [-0.25, -0.2) is 0 Å². The molecule has 0 saturated heterocycles. The fourth-order valence-corrected chi connectivity index (χ4v) is 2.40. The van der Waals surface area contributed by atoms with Gasteiger partial charge >= 0.3 is 0 Å². The molecule has 1 atom stereocenters. The Morgan fingerprint density at radius 2 is 1.62 bits per heavy atom. The standard InChI is InChI=1S/C14H13NO/c1-8-2-4-10-11-5-3-9(16)7-13(11)14(15)12(10)6-8/h2-7,14,16H,15H2,1H3. The predicted molar refractivity (Wildman–Crippen MR) is 64.3 cm³/mol. The van der Waals surface area contributed by atoms with Crippen molar-refractivity contribution in [2.45, 2.75) is 13.0 Å². The fourth-order valence-electron chi connectivity index (χ4n) is 2.40. The summed E-state index contributed by atoms with van der Waals surface area (Å²) in [5.74, 6) is 0.277. The Kier molecular flexibility index (Phi) is 1.82. The van der Waals surface area contributed by atoms with Crippen LogP contribution in [0.3, 0.4) is 0 Å². The zero-order valence-corrected chi connectivity index (χ0v) is 9.07. The summed E-state index contributed by atoms with van der Waals surface area (Å²) >= 11 is 0. The monoisotopic (exact) mass is 211 g/mol. The third kappa shape index (κ3) is 1.17. The van der Waals surface area contributed by atoms with Gasteiger partial charge in [-0.2, -0.15) is 0 Å². The van der Waals surface area contributed by atoms with E-state index in [1.165, 1.54) is 11.1 Å². The van der Waals surface area contributed by atoms with Crippen LogP contribution in [0.4, 0.5) is 0 Å². The van der Waals surface area contributed by atoms with E-state index in [0.29, 0.717) is 0 Å². The number of nitrogens with two attached hydrogens (primary N) is 1. The number of phenolic OH excluding ortho intramolecular Hbond substituents is 1. The molecule has 2 aromatic carbocycles. The molecule has 1 aliphatic rings. The van der Waals surface area contributed by atoms with Crippen LogP contribution in [0.1, 0.15) is 22.7 Å². The van der Waals surface area contributed by atoms with Crippen LogP contribution < -0.4 is 5.73 Å². The highest BCUT2D eigenvalue weighted by Gasteiger charge is 2.25. The minimum Gasteiger partial charge on any atom is -0.508 e. The lowest BCUT2D eigenvalue weighted by Crippen LogP contribution is -2.07. The molecule has 0 spiro atoms. The Labute approximate surface area is 94.3 Å². The number of hydrogen-bond acceptors (Lipinski definition) is 2. The molecule has 0 bridgehead atoms. The second-order valence-electron chi connectivity index (χ2n) is 4.34. The van der Waals surface area contributed by atoms with E-state index in [-0.39, 0.29) is 11.8 Å². The zero-order valence-electron chi connectivity index (χ0n) is 9.07. The van der Waals surface area contributed by atoms with E-state index in [0.717, 1.165) is 16.7 Å². The van der Waals surface area contributed by atoms with E-state index in [9.17, 15) is 5.11 Å². The van der Waals surface area contributed by atoms with Gasteiger partial charge in [0.25, 0.3) is 0 Å². The summed E-state index contributed by atoms with van der Waals surface area (Å²) in [5.41, 5.74) is 11.9. The van der Waals surface area contributed by atoms with Crippen molar-refractivity contribution in [3.63, 3.8) is 0 Å². The number of phenols is 1. The average Bonchev–Trinajstić information content (AvgIpc) is 2.53. The van der Waals surface area contributed by atoms with E-state index in [2.05, 4.69) is 25.1 Å². The van der Waals surface area contributed by atoms with Crippen molar-refractivity contribution in [3.8, 4) is 16.9 Å². The number of rotatable bonds is 0.